The number of carbonyl (C=O) groups is 2. The van der Waals surface area contributed by atoms with Crippen LogP contribution in [0.3, 0.4) is 0 Å². The van der Waals surface area contributed by atoms with E-state index < -0.39 is 28.5 Å². The number of anilines is 1. The van der Waals surface area contributed by atoms with Gasteiger partial charge in [0, 0.05) is 33.2 Å². The molecule has 0 aliphatic heterocycles. The summed E-state index contributed by atoms with van der Waals surface area (Å²) in [5, 5.41) is 3.51. The average Bonchev–Trinajstić information content (AvgIpc) is 2.92. The second-order valence-corrected chi connectivity index (χ2v) is 12.4. The van der Waals surface area contributed by atoms with Gasteiger partial charge < -0.3 is 10.2 Å². The average molecular weight is 655 g/mol. The Bertz CT molecular complexity index is 1370. The summed E-state index contributed by atoms with van der Waals surface area (Å²) < 4.78 is 29.3. The van der Waals surface area contributed by atoms with Gasteiger partial charge in [0.15, 0.2) is 0 Å². The molecule has 0 saturated carbocycles. The molecule has 0 fully saturated rings. The molecule has 0 spiro atoms. The Morgan fingerprint density at radius 2 is 1.56 bits per heavy atom. The number of nitrogens with zero attached hydrogens (tertiary/aromatic N) is 2. The molecule has 7 nitrogen and oxygen atoms in total. The molecule has 11 heteroatoms. The highest BCUT2D eigenvalue weighted by Gasteiger charge is 2.33. The zero-order valence-corrected chi connectivity index (χ0v) is 25.5. The van der Waals surface area contributed by atoms with Crippen molar-refractivity contribution in [2.75, 3.05) is 17.4 Å². The lowest BCUT2D eigenvalue weighted by atomic mass is 10.1. The lowest BCUT2D eigenvalue weighted by Gasteiger charge is -2.32. The van der Waals surface area contributed by atoms with Gasteiger partial charge in [0.05, 0.1) is 10.6 Å². The van der Waals surface area contributed by atoms with Crippen LogP contribution in [-0.2, 0) is 26.2 Å². The van der Waals surface area contributed by atoms with E-state index in [2.05, 4.69) is 21.2 Å². The van der Waals surface area contributed by atoms with Crippen molar-refractivity contribution < 1.29 is 18.0 Å². The second kappa shape index (κ2) is 14.2. The highest BCUT2D eigenvalue weighted by Crippen LogP contribution is 2.29. The highest BCUT2D eigenvalue weighted by atomic mass is 79.9. The lowest BCUT2D eigenvalue weighted by Crippen LogP contribution is -2.51. The van der Waals surface area contributed by atoms with E-state index in [-0.39, 0.29) is 17.3 Å². The van der Waals surface area contributed by atoms with Gasteiger partial charge in [0.2, 0.25) is 11.8 Å². The molecule has 3 rings (SSSR count). The molecule has 0 aliphatic rings. The molecule has 0 aliphatic carbocycles. The summed E-state index contributed by atoms with van der Waals surface area (Å²) in [7, 11) is -4.13. The number of sulfonamides is 1. The van der Waals surface area contributed by atoms with Gasteiger partial charge in [-0.05, 0) is 61.9 Å². The minimum atomic E-state index is -4.13. The molecule has 208 valence electrons. The van der Waals surface area contributed by atoms with Crippen molar-refractivity contribution in [3.63, 3.8) is 0 Å². The Kier molecular flexibility index (Phi) is 11.2. The van der Waals surface area contributed by atoms with Crippen LogP contribution >= 0.6 is 39.1 Å². The molecular formula is C28H30BrCl2N3O4S. The van der Waals surface area contributed by atoms with Crippen LogP contribution in [0.15, 0.2) is 82.2 Å². The molecule has 3 aromatic carbocycles. The summed E-state index contributed by atoms with van der Waals surface area (Å²) in [5.41, 5.74) is 0.759. The lowest BCUT2D eigenvalue weighted by molar-refractivity contribution is -0.139. The summed E-state index contributed by atoms with van der Waals surface area (Å²) in [6.07, 6.45) is 1.68. The fraction of sp³-hybridized carbons (Fsp3) is 0.286. The van der Waals surface area contributed by atoms with Gasteiger partial charge in [0.25, 0.3) is 10.0 Å². The molecule has 0 saturated heterocycles. The molecule has 0 unspecified atom stereocenters. The monoisotopic (exact) mass is 653 g/mol. The van der Waals surface area contributed by atoms with Gasteiger partial charge in [-0.3, -0.25) is 13.9 Å². The Balaban J connectivity index is 2.02. The smallest absolute Gasteiger partial charge is 0.264 e. The second-order valence-electron chi connectivity index (χ2n) is 8.84. The maximum atomic E-state index is 13.9. The molecule has 0 aromatic heterocycles. The number of benzene rings is 3. The van der Waals surface area contributed by atoms with Crippen LogP contribution in [-0.4, -0.2) is 44.3 Å². The van der Waals surface area contributed by atoms with Crippen molar-refractivity contribution in [2.24, 2.45) is 0 Å². The summed E-state index contributed by atoms with van der Waals surface area (Å²) in [5.74, 6) is -0.951. The first-order chi connectivity index (χ1) is 18.6. The first-order valence-electron chi connectivity index (χ1n) is 12.4. The molecule has 2 amide bonds. The molecule has 0 heterocycles. The summed E-state index contributed by atoms with van der Waals surface area (Å²) in [4.78, 5) is 28.3. The molecule has 3 aromatic rings. The molecule has 1 atom stereocenters. The third-order valence-electron chi connectivity index (χ3n) is 6.11. The van der Waals surface area contributed by atoms with Crippen LogP contribution in [0.25, 0.3) is 0 Å². The number of hydrogen-bond acceptors (Lipinski definition) is 4. The summed E-state index contributed by atoms with van der Waals surface area (Å²) in [6, 6.07) is 18.5. The van der Waals surface area contributed by atoms with Crippen molar-refractivity contribution in [1.82, 2.24) is 10.2 Å². The highest BCUT2D eigenvalue weighted by molar-refractivity contribution is 9.10. The standard InChI is InChI=1S/C28H30BrCl2N3O4S/c1-3-4-17-32-28(36)20(2)33(18-24-25(30)11-8-12-26(24)31)27(35)19-34(22-15-13-21(29)14-16-22)39(37,38)23-9-6-5-7-10-23/h5-16,20H,3-4,17-19H2,1-2H3,(H,32,36)/t20-/m0/s1. The van der Waals surface area contributed by atoms with Crippen LogP contribution in [0.2, 0.25) is 10.0 Å². The van der Waals surface area contributed by atoms with E-state index in [1.165, 1.54) is 17.0 Å². The Morgan fingerprint density at radius 3 is 2.15 bits per heavy atom. The largest absolute Gasteiger partial charge is 0.354 e. The Hall–Kier alpha value is -2.59. The number of nitrogens with one attached hydrogen (secondary N) is 1. The third kappa shape index (κ3) is 7.97. The Labute approximate surface area is 248 Å². The minimum absolute atomic E-state index is 0.0341. The van der Waals surface area contributed by atoms with Crippen LogP contribution in [0, 0.1) is 0 Å². The number of amides is 2. The van der Waals surface area contributed by atoms with Gasteiger partial charge in [0.1, 0.15) is 12.6 Å². The number of hydrogen-bond donors (Lipinski definition) is 1. The minimum Gasteiger partial charge on any atom is -0.354 e. The van der Waals surface area contributed by atoms with Crippen molar-refractivity contribution >= 4 is 66.7 Å². The molecule has 0 radical (unpaired) electrons. The molecule has 0 bridgehead atoms. The van der Waals surface area contributed by atoms with E-state index in [0.717, 1.165) is 21.6 Å². The number of rotatable bonds is 12. The summed E-state index contributed by atoms with van der Waals surface area (Å²) in [6.45, 7) is 3.43. The topological polar surface area (TPSA) is 86.8 Å². The molecule has 1 N–H and O–H groups in total. The van der Waals surface area contributed by atoms with Crippen LogP contribution in [0.5, 0.6) is 0 Å². The maximum Gasteiger partial charge on any atom is 0.264 e. The fourth-order valence-corrected chi connectivity index (χ4v) is 6.04. The Morgan fingerprint density at radius 1 is 0.949 bits per heavy atom. The van der Waals surface area contributed by atoms with E-state index in [1.54, 1.807) is 67.6 Å². The normalized spacial score (nSPS) is 12.0. The van der Waals surface area contributed by atoms with Crippen LogP contribution in [0.1, 0.15) is 32.3 Å². The van der Waals surface area contributed by atoms with E-state index in [4.69, 9.17) is 23.2 Å². The first kappa shape index (κ1) is 30.9. The maximum absolute atomic E-state index is 13.9. The number of halogens is 3. The van der Waals surface area contributed by atoms with Crippen molar-refractivity contribution in [3.8, 4) is 0 Å². The zero-order valence-electron chi connectivity index (χ0n) is 21.6. The van der Waals surface area contributed by atoms with E-state index >= 15 is 0 Å². The van der Waals surface area contributed by atoms with Gasteiger partial charge in [-0.15, -0.1) is 0 Å². The molecule has 39 heavy (non-hydrogen) atoms. The van der Waals surface area contributed by atoms with E-state index in [9.17, 15) is 18.0 Å². The zero-order chi connectivity index (χ0) is 28.6. The van der Waals surface area contributed by atoms with Crippen molar-refractivity contribution in [1.29, 1.82) is 0 Å². The van der Waals surface area contributed by atoms with Crippen molar-refractivity contribution in [3.05, 3.63) is 92.9 Å². The van der Waals surface area contributed by atoms with Gasteiger partial charge in [-0.1, -0.05) is 76.7 Å². The van der Waals surface area contributed by atoms with Crippen molar-refractivity contribution in [2.45, 2.75) is 44.2 Å². The van der Waals surface area contributed by atoms with Gasteiger partial charge in [-0.25, -0.2) is 8.42 Å². The predicted molar refractivity (Wildman–Crippen MR) is 160 cm³/mol. The predicted octanol–water partition coefficient (Wildman–Crippen LogP) is 6.28. The SMILES string of the molecule is CCCCNC(=O)[C@H](C)N(Cc1c(Cl)cccc1Cl)C(=O)CN(c1ccc(Br)cc1)S(=O)(=O)c1ccccc1. The quantitative estimate of drug-likeness (QED) is 0.233. The summed E-state index contributed by atoms with van der Waals surface area (Å²) >= 11 is 16.2. The number of unbranched alkanes of at least 4 members (excludes halogenated alkanes) is 1. The van der Waals surface area contributed by atoms with Crippen LogP contribution in [0.4, 0.5) is 5.69 Å². The van der Waals surface area contributed by atoms with Gasteiger partial charge >= 0.3 is 0 Å². The van der Waals surface area contributed by atoms with E-state index in [0.29, 0.717) is 27.8 Å². The first-order valence-corrected chi connectivity index (χ1v) is 15.4. The van der Waals surface area contributed by atoms with Gasteiger partial charge in [-0.2, -0.15) is 0 Å². The van der Waals surface area contributed by atoms with Crippen LogP contribution < -0.4 is 9.62 Å². The molecular weight excluding hydrogens is 625 g/mol. The number of carbonyl (C=O) groups excluding carboxylic acids is 2. The fourth-order valence-electron chi connectivity index (χ4n) is 3.83. The van der Waals surface area contributed by atoms with E-state index in [1.807, 2.05) is 6.92 Å². The third-order valence-corrected chi connectivity index (χ3v) is 9.14.